The molecule has 23 heavy (non-hydrogen) atoms. The Labute approximate surface area is 145 Å². The Kier molecular flexibility index (Phi) is 6.45. The van der Waals surface area contributed by atoms with Crippen LogP contribution in [0.5, 0.6) is 5.75 Å². The molecule has 0 fully saturated rings. The first-order valence-corrected chi connectivity index (χ1v) is 8.49. The van der Waals surface area contributed by atoms with Gasteiger partial charge >= 0.3 is 0 Å². The highest BCUT2D eigenvalue weighted by Gasteiger charge is 2.17. The molecular weight excluding hydrogens is 334 g/mol. The summed E-state index contributed by atoms with van der Waals surface area (Å²) in [5, 5.41) is 2.93. The molecule has 2 aromatic rings. The van der Waals surface area contributed by atoms with Crippen molar-refractivity contribution in [2.45, 2.75) is 32.6 Å². The number of thiophene rings is 1. The van der Waals surface area contributed by atoms with Crippen LogP contribution in [0.3, 0.4) is 0 Å². The minimum Gasteiger partial charge on any atom is -0.497 e. The highest BCUT2D eigenvalue weighted by molar-refractivity contribution is 7.16. The molecule has 1 aromatic heterocycles. The van der Waals surface area contributed by atoms with Crippen molar-refractivity contribution in [2.75, 3.05) is 7.11 Å². The van der Waals surface area contributed by atoms with Crippen molar-refractivity contribution >= 4 is 28.8 Å². The lowest BCUT2D eigenvalue weighted by Crippen LogP contribution is -2.35. The second-order valence-electron chi connectivity index (χ2n) is 5.18. The predicted octanol–water partition coefficient (Wildman–Crippen LogP) is 4.19. The maximum Gasteiger partial charge on any atom is 0.249 e. The zero-order valence-electron chi connectivity index (χ0n) is 13.3. The van der Waals surface area contributed by atoms with Gasteiger partial charge in [-0.1, -0.05) is 23.7 Å². The molecule has 0 aliphatic rings. The highest BCUT2D eigenvalue weighted by atomic mass is 35.5. The highest BCUT2D eigenvalue weighted by Crippen LogP contribution is 2.26. The maximum absolute atomic E-state index is 12.2. The average molecular weight is 354 g/mol. The molecule has 0 radical (unpaired) electrons. The monoisotopic (exact) mass is 353 g/mol. The van der Waals surface area contributed by atoms with Crippen LogP contribution in [-0.2, 0) is 16.1 Å². The van der Waals surface area contributed by atoms with Crippen molar-refractivity contribution in [3.8, 4) is 5.75 Å². The van der Waals surface area contributed by atoms with E-state index in [-0.39, 0.29) is 11.9 Å². The summed E-state index contributed by atoms with van der Waals surface area (Å²) in [4.78, 5) is 13.2. The summed E-state index contributed by atoms with van der Waals surface area (Å²) in [5.74, 6) is 0.622. The minimum absolute atomic E-state index is 0.0946. The summed E-state index contributed by atoms with van der Waals surface area (Å²) >= 11 is 7.38. The van der Waals surface area contributed by atoms with Gasteiger partial charge in [-0.25, -0.2) is 0 Å². The van der Waals surface area contributed by atoms with Gasteiger partial charge in [0.05, 0.1) is 24.1 Å². The first-order valence-electron chi connectivity index (χ1n) is 7.29. The molecule has 0 bridgehead atoms. The van der Waals surface area contributed by atoms with Crippen molar-refractivity contribution in [1.29, 1.82) is 0 Å². The molecule has 0 saturated heterocycles. The fraction of sp³-hybridized carbons (Fsp3) is 0.353. The molecule has 6 heteroatoms. The molecular formula is C17H20ClNO3S. The Bertz CT molecular complexity index is 659. The third kappa shape index (κ3) is 5.23. The van der Waals surface area contributed by atoms with Gasteiger partial charge in [0.1, 0.15) is 11.9 Å². The second kappa shape index (κ2) is 8.34. The van der Waals surface area contributed by atoms with Gasteiger partial charge in [0.15, 0.2) is 0 Å². The van der Waals surface area contributed by atoms with E-state index in [1.165, 1.54) is 11.3 Å². The maximum atomic E-state index is 12.2. The molecule has 1 aromatic carbocycles. The summed E-state index contributed by atoms with van der Waals surface area (Å²) in [6.07, 6.45) is -0.543. The van der Waals surface area contributed by atoms with E-state index < -0.39 is 6.10 Å². The van der Waals surface area contributed by atoms with Crippen LogP contribution in [-0.4, -0.2) is 19.1 Å². The molecule has 1 N–H and O–H groups in total. The molecule has 124 valence electrons. The zero-order chi connectivity index (χ0) is 16.8. The number of ether oxygens (including phenoxy) is 2. The third-order valence-electron chi connectivity index (χ3n) is 3.38. The zero-order valence-corrected chi connectivity index (χ0v) is 14.9. The second-order valence-corrected chi connectivity index (χ2v) is 6.92. The van der Waals surface area contributed by atoms with Crippen LogP contribution in [0.15, 0.2) is 36.4 Å². The van der Waals surface area contributed by atoms with E-state index >= 15 is 0 Å². The van der Waals surface area contributed by atoms with Gasteiger partial charge < -0.3 is 14.8 Å². The normalized spacial score (nSPS) is 13.4. The predicted molar refractivity (Wildman–Crippen MR) is 93.1 cm³/mol. The fourth-order valence-corrected chi connectivity index (χ4v) is 3.09. The molecule has 0 aliphatic carbocycles. The molecule has 1 heterocycles. The molecule has 0 saturated carbocycles. The van der Waals surface area contributed by atoms with Crippen LogP contribution in [0.25, 0.3) is 0 Å². The largest absolute Gasteiger partial charge is 0.497 e. The summed E-state index contributed by atoms with van der Waals surface area (Å²) < 4.78 is 11.5. The number of carbonyl (C=O) groups excluding carboxylic acids is 1. The first kappa shape index (κ1) is 17.8. The van der Waals surface area contributed by atoms with Crippen molar-refractivity contribution in [1.82, 2.24) is 5.32 Å². The lowest BCUT2D eigenvalue weighted by Gasteiger charge is -2.17. The van der Waals surface area contributed by atoms with Crippen molar-refractivity contribution in [2.24, 2.45) is 0 Å². The quantitative estimate of drug-likeness (QED) is 0.811. The first-order chi connectivity index (χ1) is 11.0. The molecule has 1 amide bonds. The van der Waals surface area contributed by atoms with Gasteiger partial charge in [0, 0.05) is 4.88 Å². The van der Waals surface area contributed by atoms with Crippen molar-refractivity contribution in [3.05, 3.63) is 51.2 Å². The number of rotatable bonds is 7. The summed E-state index contributed by atoms with van der Waals surface area (Å²) in [6.45, 7) is 4.02. The SMILES string of the molecule is COc1cccc(COC(C)C(=O)NC(C)c2ccc(Cl)s2)c1. The lowest BCUT2D eigenvalue weighted by atomic mass is 10.2. The van der Waals surface area contributed by atoms with Gasteiger partial charge in [0.25, 0.3) is 0 Å². The fourth-order valence-electron chi connectivity index (χ4n) is 2.02. The van der Waals surface area contributed by atoms with Gasteiger partial charge in [-0.05, 0) is 43.7 Å². The number of hydrogen-bond donors (Lipinski definition) is 1. The van der Waals surface area contributed by atoms with Crippen LogP contribution in [0.4, 0.5) is 0 Å². The number of amides is 1. The summed E-state index contributed by atoms with van der Waals surface area (Å²) in [6, 6.07) is 11.2. The van der Waals surface area contributed by atoms with Crippen LogP contribution in [0, 0.1) is 0 Å². The smallest absolute Gasteiger partial charge is 0.249 e. The minimum atomic E-state index is -0.543. The molecule has 4 nitrogen and oxygen atoms in total. The van der Waals surface area contributed by atoms with Gasteiger partial charge in [-0.3, -0.25) is 4.79 Å². The Morgan fingerprint density at radius 1 is 1.30 bits per heavy atom. The molecule has 2 unspecified atom stereocenters. The molecule has 0 aliphatic heterocycles. The Balaban J connectivity index is 1.84. The Hall–Kier alpha value is -1.56. The topological polar surface area (TPSA) is 47.6 Å². The standard InChI is InChI=1S/C17H20ClNO3S/c1-11(15-7-8-16(18)23-15)19-17(20)12(2)22-10-13-5-4-6-14(9-13)21-3/h4-9,11-12H,10H2,1-3H3,(H,19,20). The number of benzene rings is 1. The van der Waals surface area contributed by atoms with Crippen LogP contribution in [0.1, 0.15) is 30.3 Å². The third-order valence-corrected chi connectivity index (χ3v) is 4.80. The lowest BCUT2D eigenvalue weighted by molar-refractivity contribution is -0.133. The van der Waals surface area contributed by atoms with Crippen LogP contribution < -0.4 is 10.1 Å². The van der Waals surface area contributed by atoms with Gasteiger partial charge in [-0.2, -0.15) is 0 Å². The van der Waals surface area contributed by atoms with E-state index in [1.54, 1.807) is 14.0 Å². The van der Waals surface area contributed by atoms with E-state index in [9.17, 15) is 4.79 Å². The van der Waals surface area contributed by atoms with Crippen LogP contribution >= 0.6 is 22.9 Å². The van der Waals surface area contributed by atoms with E-state index in [2.05, 4.69) is 5.32 Å². The summed E-state index contributed by atoms with van der Waals surface area (Å²) in [7, 11) is 1.62. The van der Waals surface area contributed by atoms with Gasteiger partial charge in [-0.15, -0.1) is 11.3 Å². The molecule has 2 rings (SSSR count). The number of methoxy groups -OCH3 is 1. The average Bonchev–Trinajstić information content (AvgIpc) is 2.99. The van der Waals surface area contributed by atoms with E-state index in [0.717, 1.165) is 16.2 Å². The molecule has 2 atom stereocenters. The van der Waals surface area contributed by atoms with E-state index in [4.69, 9.17) is 21.1 Å². The number of nitrogens with one attached hydrogen (secondary N) is 1. The number of carbonyl (C=O) groups is 1. The Morgan fingerprint density at radius 2 is 2.09 bits per heavy atom. The van der Waals surface area contributed by atoms with Crippen molar-refractivity contribution < 1.29 is 14.3 Å². The molecule has 0 spiro atoms. The van der Waals surface area contributed by atoms with Crippen LogP contribution in [0.2, 0.25) is 4.34 Å². The summed E-state index contributed by atoms with van der Waals surface area (Å²) in [5.41, 5.74) is 0.960. The van der Waals surface area contributed by atoms with Crippen molar-refractivity contribution in [3.63, 3.8) is 0 Å². The van der Waals surface area contributed by atoms with E-state index in [1.807, 2.05) is 43.3 Å². The number of hydrogen-bond acceptors (Lipinski definition) is 4. The van der Waals surface area contributed by atoms with E-state index in [0.29, 0.717) is 10.9 Å². The number of halogens is 1. The van der Waals surface area contributed by atoms with Gasteiger partial charge in [0.2, 0.25) is 5.91 Å². The Morgan fingerprint density at radius 3 is 2.74 bits per heavy atom.